The Morgan fingerprint density at radius 3 is 2.18 bits per heavy atom. The highest BCUT2D eigenvalue weighted by Gasteiger charge is 2.44. The highest BCUT2D eigenvalue weighted by atomic mass is 28.3. The Morgan fingerprint density at radius 1 is 0.857 bits per heavy atom. The molecule has 1 unspecified atom stereocenters. The third-order valence-electron chi connectivity index (χ3n) is 5.75. The smallest absolute Gasteiger partial charge is 0.0795 e. The third kappa shape index (κ3) is 3.02. The van der Waals surface area contributed by atoms with Crippen LogP contribution in [-0.4, -0.2) is 29.6 Å². The number of rotatable bonds is 1. The molecule has 5 rings (SSSR count). The van der Waals surface area contributed by atoms with Gasteiger partial charge in [0, 0.05) is 16.4 Å². The summed E-state index contributed by atoms with van der Waals surface area (Å²) in [4.78, 5) is 13.0. The summed E-state index contributed by atoms with van der Waals surface area (Å²) < 4.78 is 0. The number of nitrogens with zero attached hydrogens (tertiary/aromatic N) is 2. The minimum absolute atomic E-state index is 0.0460. The number of aliphatic imine (C=N–C) groups is 2. The number of hydrogen-bond donors (Lipinski definition) is 2. The number of hydrogen-bond acceptors (Lipinski definition) is 3. The molecule has 0 saturated heterocycles. The second-order valence-corrected chi connectivity index (χ2v) is 14.1. The molecular formula is C23H24N4Si. The van der Waals surface area contributed by atoms with Gasteiger partial charge >= 0.3 is 0 Å². The predicted molar refractivity (Wildman–Crippen MR) is 120 cm³/mol. The van der Waals surface area contributed by atoms with E-state index < -0.39 is 8.07 Å². The van der Waals surface area contributed by atoms with Crippen LogP contribution in [0.5, 0.6) is 0 Å². The van der Waals surface area contributed by atoms with Gasteiger partial charge in [0.15, 0.2) is 0 Å². The van der Waals surface area contributed by atoms with Crippen molar-refractivity contribution in [1.82, 2.24) is 10.3 Å². The molecule has 8 bridgehead atoms. The van der Waals surface area contributed by atoms with Gasteiger partial charge in [-0.15, -0.1) is 0 Å². The molecule has 4 aliphatic rings. The molecule has 0 saturated carbocycles. The molecule has 1 aromatic rings. The molecule has 0 aromatic carbocycles. The minimum Gasteiger partial charge on any atom is -0.379 e. The third-order valence-corrected chi connectivity index (χ3v) is 8.90. The molecule has 2 N–H and O–H groups in total. The fourth-order valence-electron chi connectivity index (χ4n) is 3.97. The van der Waals surface area contributed by atoms with Crippen LogP contribution >= 0.6 is 0 Å². The molecular weight excluding hydrogens is 360 g/mol. The van der Waals surface area contributed by atoms with Crippen molar-refractivity contribution in [3.63, 3.8) is 0 Å². The van der Waals surface area contributed by atoms with Crippen LogP contribution in [-0.2, 0) is 0 Å². The Morgan fingerprint density at radius 2 is 1.50 bits per heavy atom. The van der Waals surface area contributed by atoms with E-state index in [1.54, 1.807) is 0 Å². The molecule has 140 valence electrons. The van der Waals surface area contributed by atoms with Crippen molar-refractivity contribution < 1.29 is 0 Å². The molecule has 0 radical (unpaired) electrons. The summed E-state index contributed by atoms with van der Waals surface area (Å²) in [6.45, 7) is 7.24. The second kappa shape index (κ2) is 6.04. The SMILES string of the molecule is C[Si](C)(C)C12C=C3C=CC(=N3)C=c3ccc([nH]3)=CC3=NC(=CC(=CC1)N2)C=C3. The molecule has 5 heterocycles. The maximum atomic E-state index is 4.86. The lowest BCUT2D eigenvalue weighted by molar-refractivity contribution is 0.631. The Balaban J connectivity index is 1.69. The largest absolute Gasteiger partial charge is 0.379 e. The van der Waals surface area contributed by atoms with Crippen LogP contribution in [0.3, 0.4) is 0 Å². The van der Waals surface area contributed by atoms with E-state index in [0.717, 1.165) is 45.6 Å². The first kappa shape index (κ1) is 17.2. The van der Waals surface area contributed by atoms with Gasteiger partial charge in [0.25, 0.3) is 0 Å². The summed E-state index contributed by atoms with van der Waals surface area (Å²) in [5, 5.41) is 5.87. The van der Waals surface area contributed by atoms with Crippen molar-refractivity contribution in [3.8, 4) is 0 Å². The topological polar surface area (TPSA) is 52.5 Å². The lowest BCUT2D eigenvalue weighted by Gasteiger charge is -2.39. The normalized spacial score (nSPS) is 25.2. The Kier molecular flexibility index (Phi) is 3.71. The van der Waals surface area contributed by atoms with Gasteiger partial charge in [0.05, 0.1) is 36.1 Å². The molecule has 0 spiro atoms. The molecule has 1 aromatic heterocycles. The maximum Gasteiger partial charge on any atom is 0.0795 e. The Hall–Kier alpha value is -2.92. The van der Waals surface area contributed by atoms with E-state index in [0.29, 0.717) is 0 Å². The average Bonchev–Trinajstić information content (AvgIpc) is 3.38. The van der Waals surface area contributed by atoms with E-state index in [1.165, 1.54) is 0 Å². The van der Waals surface area contributed by atoms with Gasteiger partial charge in [-0.25, -0.2) is 9.98 Å². The Bertz CT molecular complexity index is 1190. The zero-order valence-corrected chi connectivity index (χ0v) is 17.5. The lowest BCUT2D eigenvalue weighted by Crippen LogP contribution is -2.57. The van der Waals surface area contributed by atoms with Gasteiger partial charge in [0.2, 0.25) is 0 Å². The molecule has 0 aliphatic carbocycles. The van der Waals surface area contributed by atoms with Crippen LogP contribution < -0.4 is 16.0 Å². The summed E-state index contributed by atoms with van der Waals surface area (Å²) in [6.07, 6.45) is 20.3. The monoisotopic (exact) mass is 384 g/mol. The van der Waals surface area contributed by atoms with E-state index in [2.05, 4.69) is 96.8 Å². The summed E-state index contributed by atoms with van der Waals surface area (Å²) in [6, 6.07) is 4.15. The molecule has 0 fully saturated rings. The average molecular weight is 385 g/mol. The first-order valence-electron chi connectivity index (χ1n) is 9.74. The zero-order chi connectivity index (χ0) is 19.4. The molecule has 5 heteroatoms. The van der Waals surface area contributed by atoms with E-state index in [1.807, 2.05) is 0 Å². The molecule has 4 nitrogen and oxygen atoms in total. The predicted octanol–water partition coefficient (Wildman–Crippen LogP) is 2.87. The number of H-pyrrole nitrogens is 1. The minimum atomic E-state index is -1.58. The highest BCUT2D eigenvalue weighted by Crippen LogP contribution is 2.35. The first-order chi connectivity index (χ1) is 13.4. The van der Waals surface area contributed by atoms with Crippen molar-refractivity contribution >= 4 is 31.6 Å². The zero-order valence-electron chi connectivity index (χ0n) is 16.5. The van der Waals surface area contributed by atoms with Crippen LogP contribution in [0.15, 0.2) is 81.7 Å². The first-order valence-corrected chi connectivity index (χ1v) is 13.2. The summed E-state index contributed by atoms with van der Waals surface area (Å²) in [5.41, 5.74) is 5.10. The quantitative estimate of drug-likeness (QED) is 0.719. The van der Waals surface area contributed by atoms with Gasteiger partial charge in [-0.2, -0.15) is 0 Å². The Labute approximate surface area is 165 Å². The standard InChI is InChI=1S/C23H24N4Si/c1-28(2,3)23-11-10-21(27-23)14-20-7-6-17(25-20)12-16-4-5-18(24-16)13-19-8-9-22(15-23)26-19/h4-10,12-15,24,27H,11H2,1-3H3. The molecule has 28 heavy (non-hydrogen) atoms. The van der Waals surface area contributed by atoms with Crippen molar-refractivity contribution in [2.24, 2.45) is 9.98 Å². The summed E-state index contributed by atoms with van der Waals surface area (Å²) in [5.74, 6) is 0. The van der Waals surface area contributed by atoms with Crippen molar-refractivity contribution in [3.05, 3.63) is 82.5 Å². The maximum absolute atomic E-state index is 4.86. The molecule has 0 amide bonds. The summed E-state index contributed by atoms with van der Waals surface area (Å²) >= 11 is 0. The molecule has 4 aliphatic heterocycles. The van der Waals surface area contributed by atoms with E-state index in [-0.39, 0.29) is 5.16 Å². The van der Waals surface area contributed by atoms with E-state index in [4.69, 9.17) is 9.98 Å². The van der Waals surface area contributed by atoms with Gasteiger partial charge in [-0.1, -0.05) is 25.7 Å². The van der Waals surface area contributed by atoms with Gasteiger partial charge in [-0.3, -0.25) is 0 Å². The van der Waals surface area contributed by atoms with Crippen LogP contribution in [0.4, 0.5) is 0 Å². The number of aromatic nitrogens is 1. The number of fused-ring (bicyclic) bond motifs is 6. The van der Waals surface area contributed by atoms with Gasteiger partial charge in [-0.05, 0) is 67.2 Å². The second-order valence-electron chi connectivity index (χ2n) is 8.75. The number of aromatic amines is 1. The van der Waals surface area contributed by atoms with Crippen LogP contribution in [0.25, 0.3) is 12.2 Å². The lowest BCUT2D eigenvalue weighted by atomic mass is 10.2. The number of nitrogens with one attached hydrogen (secondary N) is 2. The van der Waals surface area contributed by atoms with Crippen molar-refractivity contribution in [2.75, 3.05) is 0 Å². The molecule has 1 atom stereocenters. The number of allylic oxidation sites excluding steroid dienone is 5. The van der Waals surface area contributed by atoms with Crippen LogP contribution in [0.1, 0.15) is 6.42 Å². The fourth-order valence-corrected chi connectivity index (χ4v) is 5.78. The van der Waals surface area contributed by atoms with Crippen LogP contribution in [0.2, 0.25) is 19.6 Å². The van der Waals surface area contributed by atoms with E-state index in [9.17, 15) is 0 Å². The highest BCUT2D eigenvalue weighted by molar-refractivity contribution is 6.80. The van der Waals surface area contributed by atoms with Gasteiger partial charge in [0.1, 0.15) is 0 Å². The fraction of sp³-hybridized carbons (Fsp3) is 0.217. The van der Waals surface area contributed by atoms with Crippen LogP contribution in [0, 0.1) is 0 Å². The van der Waals surface area contributed by atoms with E-state index >= 15 is 0 Å². The van der Waals surface area contributed by atoms with Gasteiger partial charge < -0.3 is 10.3 Å². The van der Waals surface area contributed by atoms with Crippen molar-refractivity contribution in [1.29, 1.82) is 0 Å². The van der Waals surface area contributed by atoms with Crippen molar-refractivity contribution in [2.45, 2.75) is 31.2 Å². The summed E-state index contributed by atoms with van der Waals surface area (Å²) in [7, 11) is -1.58.